The van der Waals surface area contributed by atoms with Gasteiger partial charge in [-0.1, -0.05) is 54.2 Å². The lowest BCUT2D eigenvalue weighted by Gasteiger charge is -2.13. The van der Waals surface area contributed by atoms with Crippen LogP contribution in [0.5, 0.6) is 0 Å². The third-order valence-electron chi connectivity index (χ3n) is 3.72. The molecule has 3 rings (SSSR count). The van der Waals surface area contributed by atoms with Crippen molar-refractivity contribution in [3.05, 3.63) is 64.7 Å². The number of thioether (sulfide) groups is 1. The lowest BCUT2D eigenvalue weighted by Crippen LogP contribution is -2.24. The summed E-state index contributed by atoms with van der Waals surface area (Å²) in [5.74, 6) is 1.02. The molecule has 0 spiro atoms. The highest BCUT2D eigenvalue weighted by atomic mass is 35.5. The number of thiocarbonyl (C=S) groups is 1. The number of nitrogens with one attached hydrogen (secondary N) is 1. The van der Waals surface area contributed by atoms with Crippen molar-refractivity contribution in [2.75, 3.05) is 17.3 Å². The number of benzodiazepines with no additional fused rings is 1. The molecule has 0 aromatic heterocycles. The zero-order valence-electron chi connectivity index (χ0n) is 12.8. The van der Waals surface area contributed by atoms with Crippen molar-refractivity contribution in [1.82, 2.24) is 0 Å². The van der Waals surface area contributed by atoms with Crippen molar-refractivity contribution < 1.29 is 0 Å². The Balaban J connectivity index is 2.13. The first-order valence-electron chi connectivity index (χ1n) is 7.42. The maximum absolute atomic E-state index is 6.22. The second kappa shape index (κ2) is 7.47. The number of fused-ring (bicyclic) bond motifs is 1. The highest BCUT2D eigenvalue weighted by molar-refractivity contribution is 7.98. The first-order valence-corrected chi connectivity index (χ1v) is 9.60. The highest BCUT2D eigenvalue weighted by Gasteiger charge is 2.23. The molecule has 118 valence electrons. The number of hydrogen-bond donors (Lipinski definition) is 1. The summed E-state index contributed by atoms with van der Waals surface area (Å²) in [7, 11) is 0. The fraction of sp³-hybridized carbons (Fsp3) is 0.222. The van der Waals surface area contributed by atoms with E-state index in [1.54, 1.807) is 0 Å². The van der Waals surface area contributed by atoms with Crippen LogP contribution in [0, 0.1) is 0 Å². The van der Waals surface area contributed by atoms with Gasteiger partial charge in [-0.2, -0.15) is 11.8 Å². The molecule has 2 aromatic carbocycles. The largest absolute Gasteiger partial charge is 0.348 e. The van der Waals surface area contributed by atoms with Crippen LogP contribution in [0.4, 0.5) is 5.69 Å². The maximum Gasteiger partial charge on any atom is 0.105 e. The first-order chi connectivity index (χ1) is 11.2. The molecule has 1 aliphatic rings. The van der Waals surface area contributed by atoms with E-state index < -0.39 is 0 Å². The number of nitrogens with zero attached hydrogens (tertiary/aromatic N) is 1. The van der Waals surface area contributed by atoms with Gasteiger partial charge in [0, 0.05) is 21.8 Å². The summed E-state index contributed by atoms with van der Waals surface area (Å²) in [4.78, 5) is 5.76. The van der Waals surface area contributed by atoms with E-state index in [2.05, 4.69) is 23.7 Å². The Hall–Kier alpha value is -1.36. The van der Waals surface area contributed by atoms with Crippen molar-refractivity contribution in [3.63, 3.8) is 0 Å². The predicted octanol–water partition coefficient (Wildman–Crippen LogP) is 5.05. The second-order valence-electron chi connectivity index (χ2n) is 5.32. The van der Waals surface area contributed by atoms with Crippen molar-refractivity contribution in [2.24, 2.45) is 4.99 Å². The summed E-state index contributed by atoms with van der Waals surface area (Å²) in [5, 5.41) is 4.05. The lowest BCUT2D eigenvalue weighted by molar-refractivity contribution is 0.841. The SMILES string of the molecule is CSCC[C@H]1N=C(c2ccccc2)c2cc(Cl)ccc2NC1=S. The van der Waals surface area contributed by atoms with Crippen LogP contribution in [-0.4, -0.2) is 28.8 Å². The second-order valence-corrected chi connectivity index (χ2v) is 7.18. The molecule has 0 unspecified atom stereocenters. The zero-order chi connectivity index (χ0) is 16.2. The molecule has 2 aromatic rings. The Morgan fingerprint density at radius 1 is 1.22 bits per heavy atom. The van der Waals surface area contributed by atoms with E-state index in [4.69, 9.17) is 28.8 Å². The summed E-state index contributed by atoms with van der Waals surface area (Å²) in [6.45, 7) is 0. The first kappa shape index (κ1) is 16.5. The monoisotopic (exact) mass is 360 g/mol. The average Bonchev–Trinajstić information content (AvgIpc) is 2.70. The Kier molecular flexibility index (Phi) is 5.36. The Morgan fingerprint density at radius 3 is 2.74 bits per heavy atom. The van der Waals surface area contributed by atoms with Crippen molar-refractivity contribution in [3.8, 4) is 0 Å². The third-order valence-corrected chi connectivity index (χ3v) is 4.98. The Bertz CT molecular complexity index is 744. The van der Waals surface area contributed by atoms with Crippen LogP contribution >= 0.6 is 35.6 Å². The van der Waals surface area contributed by atoms with E-state index in [1.165, 1.54) is 0 Å². The van der Waals surface area contributed by atoms with E-state index in [0.717, 1.165) is 39.7 Å². The van der Waals surface area contributed by atoms with E-state index in [-0.39, 0.29) is 6.04 Å². The van der Waals surface area contributed by atoms with Crippen LogP contribution in [0.3, 0.4) is 0 Å². The molecular weight excluding hydrogens is 344 g/mol. The van der Waals surface area contributed by atoms with Gasteiger partial charge in [0.05, 0.1) is 5.71 Å². The number of anilines is 1. The minimum absolute atomic E-state index is 0.0150. The molecule has 1 aliphatic heterocycles. The topological polar surface area (TPSA) is 24.4 Å². The van der Waals surface area contributed by atoms with E-state index in [9.17, 15) is 0 Å². The molecule has 0 saturated heterocycles. The number of halogens is 1. The van der Waals surface area contributed by atoms with Gasteiger partial charge in [-0.05, 0) is 36.6 Å². The maximum atomic E-state index is 6.22. The van der Waals surface area contributed by atoms with Gasteiger partial charge in [-0.25, -0.2) is 0 Å². The molecule has 23 heavy (non-hydrogen) atoms. The van der Waals surface area contributed by atoms with Gasteiger partial charge in [0.1, 0.15) is 11.0 Å². The van der Waals surface area contributed by atoms with Gasteiger partial charge in [-0.3, -0.25) is 4.99 Å². The fourth-order valence-corrected chi connectivity index (χ4v) is 3.48. The summed E-state index contributed by atoms with van der Waals surface area (Å²) in [5.41, 5.74) is 3.99. The summed E-state index contributed by atoms with van der Waals surface area (Å²) in [6.07, 6.45) is 3.02. The molecule has 0 fully saturated rings. The van der Waals surface area contributed by atoms with Gasteiger partial charge in [0.25, 0.3) is 0 Å². The number of hydrogen-bond acceptors (Lipinski definition) is 3. The molecule has 1 heterocycles. The molecule has 1 atom stereocenters. The van der Waals surface area contributed by atoms with Gasteiger partial charge < -0.3 is 5.32 Å². The molecule has 0 saturated carbocycles. The normalized spacial score (nSPS) is 17.0. The van der Waals surface area contributed by atoms with Gasteiger partial charge in [0.2, 0.25) is 0 Å². The molecule has 5 heteroatoms. The third kappa shape index (κ3) is 3.77. The molecule has 0 amide bonds. The van der Waals surface area contributed by atoms with Crippen LogP contribution in [0.25, 0.3) is 0 Å². The number of rotatable bonds is 4. The molecule has 0 aliphatic carbocycles. The lowest BCUT2D eigenvalue weighted by atomic mass is 10.0. The van der Waals surface area contributed by atoms with Gasteiger partial charge >= 0.3 is 0 Å². The molecule has 0 bridgehead atoms. The van der Waals surface area contributed by atoms with Crippen molar-refractivity contribution >= 4 is 52.0 Å². The van der Waals surface area contributed by atoms with Crippen LogP contribution in [0.1, 0.15) is 17.5 Å². The Morgan fingerprint density at radius 2 is 2.00 bits per heavy atom. The summed E-state index contributed by atoms with van der Waals surface area (Å²) in [6, 6.07) is 16.0. The van der Waals surface area contributed by atoms with Crippen molar-refractivity contribution in [1.29, 1.82) is 0 Å². The molecular formula is C18H17ClN2S2. The van der Waals surface area contributed by atoms with Crippen LogP contribution < -0.4 is 5.32 Å². The van der Waals surface area contributed by atoms with Gasteiger partial charge in [0.15, 0.2) is 0 Å². The van der Waals surface area contributed by atoms with E-state index in [1.807, 2.05) is 48.2 Å². The van der Waals surface area contributed by atoms with E-state index in [0.29, 0.717) is 5.02 Å². The van der Waals surface area contributed by atoms with Gasteiger partial charge in [-0.15, -0.1) is 0 Å². The minimum Gasteiger partial charge on any atom is -0.348 e. The highest BCUT2D eigenvalue weighted by Crippen LogP contribution is 2.28. The Labute approximate surface area is 151 Å². The quantitative estimate of drug-likeness (QED) is 0.772. The van der Waals surface area contributed by atoms with Crippen LogP contribution in [-0.2, 0) is 0 Å². The standard InChI is InChI=1S/C18H17ClN2S2/c1-23-10-9-16-18(22)21-15-8-7-13(19)11-14(15)17(20-16)12-5-3-2-4-6-12/h2-8,11,16H,9-10H2,1H3,(H,21,22)/t16-/m1/s1. The molecule has 0 radical (unpaired) electrons. The van der Waals surface area contributed by atoms with Crippen LogP contribution in [0.2, 0.25) is 5.02 Å². The fourth-order valence-electron chi connectivity index (χ4n) is 2.57. The predicted molar refractivity (Wildman–Crippen MR) is 107 cm³/mol. The molecule has 1 N–H and O–H groups in total. The number of aliphatic imine (C=N–C) groups is 1. The zero-order valence-corrected chi connectivity index (χ0v) is 15.1. The molecule has 2 nitrogen and oxygen atoms in total. The average molecular weight is 361 g/mol. The van der Waals surface area contributed by atoms with E-state index >= 15 is 0 Å². The number of benzene rings is 2. The summed E-state index contributed by atoms with van der Waals surface area (Å²) >= 11 is 13.6. The van der Waals surface area contributed by atoms with Crippen LogP contribution in [0.15, 0.2) is 53.5 Å². The van der Waals surface area contributed by atoms with Crippen molar-refractivity contribution in [2.45, 2.75) is 12.5 Å². The minimum atomic E-state index is -0.0150. The smallest absolute Gasteiger partial charge is 0.105 e. The summed E-state index contributed by atoms with van der Waals surface area (Å²) < 4.78 is 0.